The Kier molecular flexibility index (Phi) is 9.43. The molecule has 1 fully saturated rings. The molecule has 0 saturated carbocycles. The van der Waals surface area contributed by atoms with E-state index in [0.717, 1.165) is 37.5 Å². The first-order valence-corrected chi connectivity index (χ1v) is 10.8. The van der Waals surface area contributed by atoms with Gasteiger partial charge >= 0.3 is 0 Å². The molecule has 5 nitrogen and oxygen atoms in total. The average Bonchev–Trinajstić information content (AvgIpc) is 3.31. The highest BCUT2D eigenvalue weighted by Gasteiger charge is 2.20. The first kappa shape index (κ1) is 20.3. The Morgan fingerprint density at radius 1 is 1.28 bits per heavy atom. The molecule has 0 aromatic carbocycles. The zero-order valence-electron chi connectivity index (χ0n) is 15.9. The van der Waals surface area contributed by atoms with E-state index in [-0.39, 0.29) is 5.91 Å². The summed E-state index contributed by atoms with van der Waals surface area (Å²) in [4.78, 5) is 19.3. The Morgan fingerprint density at radius 2 is 2.00 bits per heavy atom. The lowest BCUT2D eigenvalue weighted by molar-refractivity contribution is 0.0947. The lowest BCUT2D eigenvalue weighted by atomic mass is 10.2. The molecule has 2 rings (SSSR count). The summed E-state index contributed by atoms with van der Waals surface area (Å²) in [6.07, 6.45) is 8.31. The van der Waals surface area contributed by atoms with Crippen molar-refractivity contribution < 1.29 is 4.79 Å². The molecule has 1 aliphatic heterocycles. The maximum absolute atomic E-state index is 12.3. The summed E-state index contributed by atoms with van der Waals surface area (Å²) in [6.45, 7) is 9.67. The van der Waals surface area contributed by atoms with Crippen molar-refractivity contribution in [3.8, 4) is 0 Å². The van der Waals surface area contributed by atoms with Gasteiger partial charge in [-0.25, -0.2) is 4.98 Å². The van der Waals surface area contributed by atoms with Gasteiger partial charge in [-0.1, -0.05) is 26.7 Å². The summed E-state index contributed by atoms with van der Waals surface area (Å²) in [5.41, 5.74) is 0.572. The molecule has 0 radical (unpaired) electrons. The number of hydrogen-bond acceptors (Lipinski definition) is 5. The van der Waals surface area contributed by atoms with Crippen LogP contribution in [-0.2, 0) is 0 Å². The van der Waals surface area contributed by atoms with E-state index in [4.69, 9.17) is 0 Å². The zero-order valence-corrected chi connectivity index (χ0v) is 16.7. The molecule has 1 unspecified atom stereocenters. The van der Waals surface area contributed by atoms with Crippen molar-refractivity contribution in [1.82, 2.24) is 20.5 Å². The molecule has 1 aromatic rings. The van der Waals surface area contributed by atoms with Gasteiger partial charge in [0.05, 0.1) is 6.04 Å². The first-order chi connectivity index (χ1) is 12.2. The Bertz CT molecular complexity index is 491. The summed E-state index contributed by atoms with van der Waals surface area (Å²) in [6, 6.07) is 0.345. The van der Waals surface area contributed by atoms with E-state index in [1.165, 1.54) is 45.2 Å². The van der Waals surface area contributed by atoms with Gasteiger partial charge in [0, 0.05) is 11.9 Å². The number of nitrogens with one attached hydrogen (secondary N) is 2. The van der Waals surface area contributed by atoms with Crippen LogP contribution in [0.3, 0.4) is 0 Å². The van der Waals surface area contributed by atoms with Crippen LogP contribution in [-0.4, -0.2) is 48.5 Å². The zero-order chi connectivity index (χ0) is 17.9. The number of nitrogens with zero attached hydrogens (tertiary/aromatic N) is 2. The third-order valence-electron chi connectivity index (χ3n) is 4.71. The summed E-state index contributed by atoms with van der Waals surface area (Å²) in [5.74, 6) is -0.0332. The molecule has 2 N–H and O–H groups in total. The molecule has 6 heteroatoms. The molecular weight excluding hydrogens is 332 g/mol. The molecule has 2 heterocycles. The number of carbonyl (C=O) groups excluding carboxylic acids is 1. The highest BCUT2D eigenvalue weighted by molar-refractivity contribution is 7.09. The Labute approximate surface area is 156 Å². The van der Waals surface area contributed by atoms with Crippen molar-refractivity contribution in [2.75, 3.05) is 32.7 Å². The molecule has 1 aromatic heterocycles. The summed E-state index contributed by atoms with van der Waals surface area (Å²) < 4.78 is 0. The molecule has 1 aliphatic rings. The molecular formula is C19H34N4OS. The number of aromatic nitrogens is 1. The molecule has 142 valence electrons. The predicted octanol–water partition coefficient (Wildman–Crippen LogP) is 3.59. The van der Waals surface area contributed by atoms with Crippen LogP contribution in [0.4, 0.5) is 0 Å². The van der Waals surface area contributed by atoms with E-state index in [9.17, 15) is 4.79 Å². The van der Waals surface area contributed by atoms with Crippen LogP contribution in [0, 0.1) is 0 Å². The van der Waals surface area contributed by atoms with Gasteiger partial charge < -0.3 is 15.5 Å². The number of unbranched alkanes of at least 4 members (excludes halogenated alkanes) is 2. The fraction of sp³-hybridized carbons (Fsp3) is 0.789. The van der Waals surface area contributed by atoms with Crippen LogP contribution in [0.2, 0.25) is 0 Å². The standard InChI is InChI=1S/C19H34N4OS/c1-3-5-12-23(13-6-4-2)14-8-11-21-18(24)17-15-25-19(22-17)16-9-7-10-20-16/h15-16,20H,3-14H2,1-2H3,(H,21,24). The van der Waals surface area contributed by atoms with Crippen molar-refractivity contribution in [2.45, 2.75) is 64.8 Å². The molecule has 0 spiro atoms. The highest BCUT2D eigenvalue weighted by atomic mass is 32.1. The van der Waals surface area contributed by atoms with Crippen molar-refractivity contribution >= 4 is 17.2 Å². The SMILES string of the molecule is CCCCN(CCCC)CCCNC(=O)c1csc(C2CCCN2)n1. The van der Waals surface area contributed by atoms with Crippen molar-refractivity contribution in [3.63, 3.8) is 0 Å². The van der Waals surface area contributed by atoms with E-state index < -0.39 is 0 Å². The van der Waals surface area contributed by atoms with Gasteiger partial charge in [0.25, 0.3) is 5.91 Å². The van der Waals surface area contributed by atoms with Crippen LogP contribution in [0.25, 0.3) is 0 Å². The van der Waals surface area contributed by atoms with Crippen LogP contribution >= 0.6 is 11.3 Å². The van der Waals surface area contributed by atoms with Crippen molar-refractivity contribution in [2.24, 2.45) is 0 Å². The largest absolute Gasteiger partial charge is 0.351 e. The van der Waals surface area contributed by atoms with Gasteiger partial charge in [-0.15, -0.1) is 11.3 Å². The van der Waals surface area contributed by atoms with Crippen LogP contribution in [0.5, 0.6) is 0 Å². The van der Waals surface area contributed by atoms with Gasteiger partial charge in [0.1, 0.15) is 10.7 Å². The molecule has 1 atom stereocenters. The number of carbonyl (C=O) groups is 1. The second-order valence-corrected chi connectivity index (χ2v) is 7.77. The van der Waals surface area contributed by atoms with Gasteiger partial charge in [-0.05, 0) is 58.3 Å². The minimum absolute atomic E-state index is 0.0332. The summed E-state index contributed by atoms with van der Waals surface area (Å²) >= 11 is 1.59. The van der Waals surface area contributed by atoms with Gasteiger partial charge in [-0.3, -0.25) is 4.79 Å². The smallest absolute Gasteiger partial charge is 0.270 e. The van der Waals surface area contributed by atoms with Crippen molar-refractivity contribution in [3.05, 3.63) is 16.1 Å². The maximum Gasteiger partial charge on any atom is 0.270 e. The van der Waals surface area contributed by atoms with E-state index in [2.05, 4.69) is 34.4 Å². The van der Waals surface area contributed by atoms with E-state index >= 15 is 0 Å². The van der Waals surface area contributed by atoms with Gasteiger partial charge in [0.2, 0.25) is 0 Å². The predicted molar refractivity (Wildman–Crippen MR) is 105 cm³/mol. The fourth-order valence-corrected chi connectivity index (χ4v) is 4.05. The normalized spacial score (nSPS) is 17.3. The van der Waals surface area contributed by atoms with Gasteiger partial charge in [-0.2, -0.15) is 0 Å². The molecule has 0 bridgehead atoms. The summed E-state index contributed by atoms with van der Waals surface area (Å²) in [5, 5.41) is 9.40. The number of amides is 1. The first-order valence-electron chi connectivity index (χ1n) is 9.94. The van der Waals surface area contributed by atoms with E-state index in [1.807, 2.05) is 5.38 Å². The molecule has 0 aliphatic carbocycles. The topological polar surface area (TPSA) is 57.3 Å². The minimum Gasteiger partial charge on any atom is -0.351 e. The fourth-order valence-electron chi connectivity index (χ4n) is 3.14. The van der Waals surface area contributed by atoms with E-state index in [1.54, 1.807) is 11.3 Å². The lowest BCUT2D eigenvalue weighted by Crippen LogP contribution is -2.31. The Morgan fingerprint density at radius 3 is 2.64 bits per heavy atom. The maximum atomic E-state index is 12.3. The third kappa shape index (κ3) is 7.04. The number of thiazole rings is 1. The van der Waals surface area contributed by atoms with Crippen LogP contribution in [0.1, 0.15) is 80.3 Å². The second-order valence-electron chi connectivity index (χ2n) is 6.88. The quantitative estimate of drug-likeness (QED) is 0.555. The third-order valence-corrected chi connectivity index (χ3v) is 5.66. The molecule has 25 heavy (non-hydrogen) atoms. The highest BCUT2D eigenvalue weighted by Crippen LogP contribution is 2.25. The lowest BCUT2D eigenvalue weighted by Gasteiger charge is -2.21. The monoisotopic (exact) mass is 366 g/mol. The number of hydrogen-bond donors (Lipinski definition) is 2. The van der Waals surface area contributed by atoms with E-state index in [0.29, 0.717) is 11.7 Å². The van der Waals surface area contributed by atoms with Crippen LogP contribution in [0.15, 0.2) is 5.38 Å². The Hall–Kier alpha value is -0.980. The van der Waals surface area contributed by atoms with Crippen molar-refractivity contribution in [1.29, 1.82) is 0 Å². The second kappa shape index (κ2) is 11.6. The number of rotatable bonds is 12. The Balaban J connectivity index is 1.68. The molecule has 1 saturated heterocycles. The summed E-state index contributed by atoms with van der Waals surface area (Å²) in [7, 11) is 0. The van der Waals surface area contributed by atoms with Crippen LogP contribution < -0.4 is 10.6 Å². The molecule has 1 amide bonds. The average molecular weight is 367 g/mol. The minimum atomic E-state index is -0.0332. The van der Waals surface area contributed by atoms with Gasteiger partial charge in [0.15, 0.2) is 0 Å².